The maximum Gasteiger partial charge on any atom is 0.315 e. The normalized spacial score (nSPS) is 10.6. The number of amides is 1. The fraction of sp³-hybridized carbons (Fsp3) is 0.0909. The van der Waals surface area contributed by atoms with E-state index in [0.717, 1.165) is 0 Å². The van der Waals surface area contributed by atoms with Crippen molar-refractivity contribution in [1.82, 2.24) is 10.2 Å². The van der Waals surface area contributed by atoms with Crippen LogP contribution in [0.1, 0.15) is 0 Å². The smallest absolute Gasteiger partial charge is 0.315 e. The van der Waals surface area contributed by atoms with Crippen molar-refractivity contribution in [2.75, 3.05) is 5.32 Å². The summed E-state index contributed by atoms with van der Waals surface area (Å²) in [6.07, 6.45) is -3.05. The van der Waals surface area contributed by atoms with Gasteiger partial charge in [-0.15, -0.1) is 0 Å². The van der Waals surface area contributed by atoms with E-state index >= 15 is 0 Å². The summed E-state index contributed by atoms with van der Waals surface area (Å²) >= 11 is 0. The Morgan fingerprint density at radius 2 is 1.83 bits per heavy atom. The van der Waals surface area contributed by atoms with Crippen molar-refractivity contribution < 1.29 is 13.6 Å². The van der Waals surface area contributed by atoms with E-state index in [1.807, 2.05) is 0 Å². The van der Waals surface area contributed by atoms with Crippen molar-refractivity contribution in [2.24, 2.45) is 0 Å². The first-order chi connectivity index (χ1) is 8.56. The first-order valence-electron chi connectivity index (χ1n) is 5.03. The summed E-state index contributed by atoms with van der Waals surface area (Å²) in [5.41, 5.74) is 1.28. The van der Waals surface area contributed by atoms with Gasteiger partial charge >= 0.3 is 6.43 Å². The Bertz CT molecular complexity index is 601. The van der Waals surface area contributed by atoms with Gasteiger partial charge in [-0.05, 0) is 17.7 Å². The van der Waals surface area contributed by atoms with E-state index < -0.39 is 12.3 Å². The number of aromatic amines is 2. The molecule has 3 N–H and O–H groups in total. The highest BCUT2D eigenvalue weighted by Crippen LogP contribution is 2.18. The van der Waals surface area contributed by atoms with Crippen LogP contribution < -0.4 is 10.9 Å². The summed E-state index contributed by atoms with van der Waals surface area (Å²) in [6, 6.07) is 7.51. The van der Waals surface area contributed by atoms with Gasteiger partial charge in [-0.25, -0.2) is 0 Å². The molecule has 1 aromatic carbocycles. The monoisotopic (exact) mass is 253 g/mol. The molecule has 0 fully saturated rings. The largest absolute Gasteiger partial charge is 0.321 e. The van der Waals surface area contributed by atoms with E-state index in [9.17, 15) is 18.4 Å². The standard InChI is InChI=1S/C11H9F2N3O2/c12-10(13)11(18)14-7-3-1-6(2-4-7)8-5-9(17)16-15-8/h1-5,10H,(H,14,18)(H2,15,16,17). The number of nitrogens with one attached hydrogen (secondary N) is 3. The number of rotatable bonds is 3. The van der Waals surface area contributed by atoms with Crippen LogP contribution in [0.3, 0.4) is 0 Å². The Morgan fingerprint density at radius 3 is 2.33 bits per heavy atom. The summed E-state index contributed by atoms with van der Waals surface area (Å²) in [5, 5.41) is 7.09. The zero-order valence-electron chi connectivity index (χ0n) is 9.04. The Hall–Kier alpha value is -2.44. The number of aromatic nitrogens is 2. The molecular formula is C11H9F2N3O2. The van der Waals surface area contributed by atoms with Crippen LogP contribution in [0.25, 0.3) is 11.3 Å². The topological polar surface area (TPSA) is 77.8 Å². The molecule has 2 rings (SSSR count). The number of carbonyl (C=O) groups is 1. The highest BCUT2D eigenvalue weighted by molar-refractivity contribution is 5.93. The molecule has 94 valence electrons. The summed E-state index contributed by atoms with van der Waals surface area (Å²) < 4.78 is 24.0. The van der Waals surface area contributed by atoms with Crippen LogP contribution in [-0.4, -0.2) is 22.5 Å². The molecule has 0 aliphatic carbocycles. The molecule has 0 spiro atoms. The SMILES string of the molecule is O=C(Nc1ccc(-c2cc(=O)[nH][nH]2)cc1)C(F)F. The van der Waals surface area contributed by atoms with Gasteiger partial charge in [0.2, 0.25) is 0 Å². The zero-order valence-corrected chi connectivity index (χ0v) is 9.04. The highest BCUT2D eigenvalue weighted by Gasteiger charge is 2.14. The predicted molar refractivity (Wildman–Crippen MR) is 61.5 cm³/mol. The minimum absolute atomic E-state index is 0.264. The lowest BCUT2D eigenvalue weighted by Crippen LogP contribution is -2.19. The van der Waals surface area contributed by atoms with Crippen molar-refractivity contribution in [3.63, 3.8) is 0 Å². The third-order valence-electron chi connectivity index (χ3n) is 2.26. The zero-order chi connectivity index (χ0) is 13.1. The Morgan fingerprint density at radius 1 is 1.17 bits per heavy atom. The van der Waals surface area contributed by atoms with Crippen molar-refractivity contribution >= 4 is 11.6 Å². The molecule has 5 nitrogen and oxygen atoms in total. The van der Waals surface area contributed by atoms with Crippen molar-refractivity contribution in [1.29, 1.82) is 0 Å². The fourth-order valence-corrected chi connectivity index (χ4v) is 1.42. The van der Waals surface area contributed by atoms with Gasteiger partial charge in [0.05, 0.1) is 5.69 Å². The summed E-state index contributed by atoms with van der Waals surface area (Å²) in [6.45, 7) is 0. The molecule has 0 atom stereocenters. The minimum atomic E-state index is -3.05. The predicted octanol–water partition coefficient (Wildman–Crippen LogP) is 1.57. The van der Waals surface area contributed by atoms with Crippen molar-refractivity contribution in [3.05, 3.63) is 40.7 Å². The third-order valence-corrected chi connectivity index (χ3v) is 2.26. The second kappa shape index (κ2) is 4.82. The van der Waals surface area contributed by atoms with Crippen molar-refractivity contribution in [2.45, 2.75) is 6.43 Å². The molecule has 0 unspecified atom stereocenters. The fourth-order valence-electron chi connectivity index (χ4n) is 1.42. The number of anilines is 1. The molecule has 0 saturated heterocycles. The Kier molecular flexibility index (Phi) is 3.22. The van der Waals surface area contributed by atoms with E-state index in [2.05, 4.69) is 15.5 Å². The lowest BCUT2D eigenvalue weighted by molar-refractivity contribution is -0.126. The molecule has 1 amide bonds. The molecule has 0 radical (unpaired) electrons. The van der Waals surface area contributed by atoms with E-state index in [1.165, 1.54) is 18.2 Å². The summed E-state index contributed by atoms with van der Waals surface area (Å²) in [7, 11) is 0. The quantitative estimate of drug-likeness (QED) is 0.776. The van der Waals surface area contributed by atoms with Gasteiger partial charge in [-0.3, -0.25) is 19.8 Å². The second-order valence-electron chi connectivity index (χ2n) is 3.54. The van der Waals surface area contributed by atoms with Crippen LogP contribution in [0.5, 0.6) is 0 Å². The first kappa shape index (κ1) is 12.0. The first-order valence-corrected chi connectivity index (χ1v) is 5.03. The molecular weight excluding hydrogens is 244 g/mol. The van der Waals surface area contributed by atoms with Crippen LogP contribution in [0.4, 0.5) is 14.5 Å². The van der Waals surface area contributed by atoms with Gasteiger partial charge < -0.3 is 5.32 Å². The van der Waals surface area contributed by atoms with E-state index in [-0.39, 0.29) is 11.2 Å². The van der Waals surface area contributed by atoms with Gasteiger partial charge in [0, 0.05) is 11.8 Å². The van der Waals surface area contributed by atoms with Gasteiger partial charge in [0.1, 0.15) is 0 Å². The molecule has 2 aromatic rings. The Balaban J connectivity index is 2.15. The van der Waals surface area contributed by atoms with E-state index in [1.54, 1.807) is 12.1 Å². The average Bonchev–Trinajstić information content (AvgIpc) is 2.76. The number of benzene rings is 1. The number of hydrogen-bond donors (Lipinski definition) is 3. The van der Waals surface area contributed by atoms with Gasteiger partial charge in [-0.2, -0.15) is 8.78 Å². The number of halogens is 2. The van der Waals surface area contributed by atoms with Crippen molar-refractivity contribution in [3.8, 4) is 11.3 Å². The molecule has 18 heavy (non-hydrogen) atoms. The number of hydrogen-bond acceptors (Lipinski definition) is 2. The second-order valence-corrected chi connectivity index (χ2v) is 3.54. The van der Waals surface area contributed by atoms with Crippen LogP contribution in [-0.2, 0) is 4.79 Å². The van der Waals surface area contributed by atoms with Crippen LogP contribution in [0.15, 0.2) is 35.1 Å². The summed E-state index contributed by atoms with van der Waals surface area (Å²) in [4.78, 5) is 21.7. The van der Waals surface area contributed by atoms with E-state index in [0.29, 0.717) is 11.3 Å². The minimum Gasteiger partial charge on any atom is -0.321 e. The average molecular weight is 253 g/mol. The number of alkyl halides is 2. The lowest BCUT2D eigenvalue weighted by Gasteiger charge is -2.04. The molecule has 1 aromatic heterocycles. The molecule has 0 bridgehead atoms. The lowest BCUT2D eigenvalue weighted by atomic mass is 10.1. The summed E-state index contributed by atoms with van der Waals surface area (Å²) in [5.74, 6) is -1.35. The van der Waals surface area contributed by atoms with Crippen LogP contribution in [0.2, 0.25) is 0 Å². The number of H-pyrrole nitrogens is 2. The molecule has 1 heterocycles. The molecule has 0 aliphatic heterocycles. The van der Waals surface area contributed by atoms with Gasteiger partial charge in [0.15, 0.2) is 0 Å². The Labute approximate surface area is 99.8 Å². The third kappa shape index (κ3) is 2.62. The van der Waals surface area contributed by atoms with Crippen LogP contribution >= 0.6 is 0 Å². The maximum absolute atomic E-state index is 12.0. The highest BCUT2D eigenvalue weighted by atomic mass is 19.3. The van der Waals surface area contributed by atoms with Gasteiger partial charge in [0.25, 0.3) is 11.5 Å². The maximum atomic E-state index is 12.0. The van der Waals surface area contributed by atoms with Crippen LogP contribution in [0, 0.1) is 0 Å². The molecule has 0 aliphatic rings. The van der Waals surface area contributed by atoms with E-state index in [4.69, 9.17) is 0 Å². The number of carbonyl (C=O) groups excluding carboxylic acids is 1. The molecule has 7 heteroatoms. The molecule has 0 saturated carbocycles. The van der Waals surface area contributed by atoms with Gasteiger partial charge in [-0.1, -0.05) is 12.1 Å².